The molecule has 2 aromatic carbocycles. The normalized spacial score (nSPS) is 11.2. The second-order valence-corrected chi connectivity index (χ2v) is 9.16. The molecule has 0 unspecified atom stereocenters. The van der Waals surface area contributed by atoms with Crippen molar-refractivity contribution in [1.82, 2.24) is 9.97 Å². The molecular weight excluding hydrogens is 591 g/mol. The molecule has 0 fully saturated rings. The maximum Gasteiger partial charge on any atom is 0.433 e. The SMILES string of the molecule is COc1ccc(-c2cc(C(F)(F)F)nc(SCC(=O)Nc3cc(Br)ccc3Br)n2)cc1OC. The molecule has 0 aliphatic rings. The zero-order chi connectivity index (χ0) is 24.2. The Hall–Kier alpha value is -2.31. The number of benzene rings is 2. The van der Waals surface area contributed by atoms with Crippen LogP contribution in [0.25, 0.3) is 11.3 Å². The number of nitrogens with zero attached hydrogens (tertiary/aromatic N) is 2. The summed E-state index contributed by atoms with van der Waals surface area (Å²) in [7, 11) is 2.88. The van der Waals surface area contributed by atoms with E-state index in [4.69, 9.17) is 9.47 Å². The highest BCUT2D eigenvalue weighted by atomic mass is 79.9. The van der Waals surface area contributed by atoms with Crippen molar-refractivity contribution in [2.24, 2.45) is 0 Å². The van der Waals surface area contributed by atoms with Crippen LogP contribution in [-0.2, 0) is 11.0 Å². The summed E-state index contributed by atoms with van der Waals surface area (Å²) in [5.41, 5.74) is -0.174. The van der Waals surface area contributed by atoms with Gasteiger partial charge in [0.05, 0.1) is 31.4 Å². The summed E-state index contributed by atoms with van der Waals surface area (Å²) in [4.78, 5) is 20.2. The van der Waals surface area contributed by atoms with Crippen LogP contribution >= 0.6 is 43.6 Å². The Balaban J connectivity index is 1.86. The molecule has 12 heteroatoms. The van der Waals surface area contributed by atoms with E-state index in [9.17, 15) is 18.0 Å². The first-order valence-electron chi connectivity index (χ1n) is 9.17. The lowest BCUT2D eigenvalue weighted by molar-refractivity contribution is -0.141. The van der Waals surface area contributed by atoms with E-state index in [1.807, 2.05) is 0 Å². The van der Waals surface area contributed by atoms with Gasteiger partial charge in [-0.1, -0.05) is 27.7 Å². The largest absolute Gasteiger partial charge is 0.493 e. The summed E-state index contributed by atoms with van der Waals surface area (Å²) < 4.78 is 52.2. The third kappa shape index (κ3) is 6.61. The fourth-order valence-electron chi connectivity index (χ4n) is 2.69. The number of amides is 1. The van der Waals surface area contributed by atoms with E-state index in [2.05, 4.69) is 47.1 Å². The molecule has 0 radical (unpaired) electrons. The molecule has 0 spiro atoms. The number of aromatic nitrogens is 2. The number of thioether (sulfide) groups is 1. The highest BCUT2D eigenvalue weighted by Crippen LogP contribution is 2.35. The molecule has 0 aliphatic heterocycles. The van der Waals surface area contributed by atoms with Gasteiger partial charge in [-0.25, -0.2) is 9.97 Å². The minimum Gasteiger partial charge on any atom is -0.493 e. The molecule has 0 bridgehead atoms. The molecule has 6 nitrogen and oxygen atoms in total. The van der Waals surface area contributed by atoms with Gasteiger partial charge in [0.2, 0.25) is 5.91 Å². The Morgan fingerprint density at radius 2 is 1.76 bits per heavy atom. The number of hydrogen-bond donors (Lipinski definition) is 1. The molecule has 0 saturated carbocycles. The highest BCUT2D eigenvalue weighted by Gasteiger charge is 2.34. The Morgan fingerprint density at radius 1 is 1.03 bits per heavy atom. The van der Waals surface area contributed by atoms with E-state index in [1.165, 1.54) is 20.3 Å². The predicted octanol–water partition coefficient (Wildman–Crippen LogP) is 6.44. The van der Waals surface area contributed by atoms with E-state index in [0.717, 1.165) is 22.3 Å². The average molecular weight is 607 g/mol. The van der Waals surface area contributed by atoms with Crippen molar-refractivity contribution in [2.45, 2.75) is 11.3 Å². The number of halogens is 5. The van der Waals surface area contributed by atoms with E-state index < -0.39 is 17.8 Å². The van der Waals surface area contributed by atoms with Gasteiger partial charge >= 0.3 is 6.18 Å². The molecule has 0 saturated heterocycles. The fourth-order valence-corrected chi connectivity index (χ4v) is 4.05. The number of carbonyl (C=O) groups excluding carboxylic acids is 1. The first-order valence-corrected chi connectivity index (χ1v) is 11.7. The van der Waals surface area contributed by atoms with Gasteiger partial charge in [-0.2, -0.15) is 13.2 Å². The molecule has 1 N–H and O–H groups in total. The molecular formula is C21H16Br2F3N3O3S. The molecule has 3 aromatic rings. The van der Waals surface area contributed by atoms with Crippen LogP contribution in [0.5, 0.6) is 11.5 Å². The second-order valence-electron chi connectivity index (χ2n) is 6.45. The average Bonchev–Trinajstić information content (AvgIpc) is 2.78. The van der Waals surface area contributed by atoms with Gasteiger partial charge in [0.15, 0.2) is 16.7 Å². The van der Waals surface area contributed by atoms with Crippen molar-refractivity contribution < 1.29 is 27.4 Å². The van der Waals surface area contributed by atoms with E-state index in [1.54, 1.807) is 30.3 Å². The number of ether oxygens (including phenoxy) is 2. The molecule has 1 aromatic heterocycles. The van der Waals surface area contributed by atoms with Crippen LogP contribution in [0.4, 0.5) is 18.9 Å². The number of carbonyl (C=O) groups is 1. The summed E-state index contributed by atoms with van der Waals surface area (Å²) in [5, 5.41) is 2.51. The summed E-state index contributed by atoms with van der Waals surface area (Å²) in [6.07, 6.45) is -4.69. The van der Waals surface area contributed by atoms with E-state index >= 15 is 0 Å². The summed E-state index contributed by atoms with van der Waals surface area (Å²) in [5.74, 6) is 0.158. The van der Waals surface area contributed by atoms with Gasteiger partial charge < -0.3 is 14.8 Å². The third-order valence-corrected chi connectivity index (χ3v) is 6.24. The lowest BCUT2D eigenvalue weighted by Gasteiger charge is -2.13. The van der Waals surface area contributed by atoms with Crippen LogP contribution in [-0.4, -0.2) is 35.8 Å². The first-order chi connectivity index (χ1) is 15.6. The van der Waals surface area contributed by atoms with Crippen molar-refractivity contribution in [3.8, 4) is 22.8 Å². The molecule has 33 heavy (non-hydrogen) atoms. The van der Waals surface area contributed by atoms with E-state index in [0.29, 0.717) is 27.2 Å². The topological polar surface area (TPSA) is 73.3 Å². The van der Waals surface area contributed by atoms with Crippen molar-refractivity contribution in [3.05, 3.63) is 57.1 Å². The summed E-state index contributed by atoms with van der Waals surface area (Å²) >= 11 is 7.45. The standard InChI is InChI=1S/C21H16Br2F3N3O3S/c1-31-16-6-3-11(7-17(16)32-2)14-9-18(21(24,25)26)29-20(28-14)33-10-19(30)27-15-8-12(22)4-5-13(15)23/h3-9H,10H2,1-2H3,(H,27,30). The molecule has 0 aliphatic carbocycles. The molecule has 1 heterocycles. The van der Waals surface area contributed by atoms with Crippen molar-refractivity contribution in [1.29, 1.82) is 0 Å². The highest BCUT2D eigenvalue weighted by molar-refractivity contribution is 9.11. The maximum atomic E-state index is 13.5. The maximum absolute atomic E-state index is 13.5. The predicted molar refractivity (Wildman–Crippen MR) is 127 cm³/mol. The Labute approximate surface area is 208 Å². The van der Waals surface area contributed by atoms with Crippen LogP contribution in [0.3, 0.4) is 0 Å². The van der Waals surface area contributed by atoms with Gasteiger partial charge in [-0.05, 0) is 58.4 Å². The quantitative estimate of drug-likeness (QED) is 0.247. The third-order valence-electron chi connectivity index (χ3n) is 4.21. The fraction of sp³-hybridized carbons (Fsp3) is 0.190. The lowest BCUT2D eigenvalue weighted by Crippen LogP contribution is -2.15. The first kappa shape index (κ1) is 25.3. The number of hydrogen-bond acceptors (Lipinski definition) is 6. The minimum atomic E-state index is -4.69. The lowest BCUT2D eigenvalue weighted by atomic mass is 10.1. The van der Waals surface area contributed by atoms with Crippen LogP contribution in [0, 0.1) is 0 Å². The Bertz CT molecular complexity index is 1180. The molecule has 1 amide bonds. The number of anilines is 1. The monoisotopic (exact) mass is 605 g/mol. The zero-order valence-electron chi connectivity index (χ0n) is 17.2. The molecule has 0 atom stereocenters. The number of alkyl halides is 3. The van der Waals surface area contributed by atoms with Gasteiger partial charge in [0, 0.05) is 14.5 Å². The smallest absolute Gasteiger partial charge is 0.433 e. The summed E-state index contributed by atoms with van der Waals surface area (Å²) in [6, 6.07) is 10.7. The van der Waals surface area contributed by atoms with Crippen molar-refractivity contribution >= 4 is 55.2 Å². The van der Waals surface area contributed by atoms with Gasteiger partial charge in [-0.3, -0.25) is 4.79 Å². The summed E-state index contributed by atoms with van der Waals surface area (Å²) in [6.45, 7) is 0. The van der Waals surface area contributed by atoms with Crippen LogP contribution in [0.15, 0.2) is 56.6 Å². The van der Waals surface area contributed by atoms with Gasteiger partial charge in [-0.15, -0.1) is 0 Å². The number of nitrogens with one attached hydrogen (secondary N) is 1. The van der Waals surface area contributed by atoms with Crippen molar-refractivity contribution in [3.63, 3.8) is 0 Å². The van der Waals surface area contributed by atoms with Crippen LogP contribution in [0.2, 0.25) is 0 Å². The number of methoxy groups -OCH3 is 2. The van der Waals surface area contributed by atoms with Crippen molar-refractivity contribution in [2.75, 3.05) is 25.3 Å². The molecule has 174 valence electrons. The Morgan fingerprint density at radius 3 is 2.42 bits per heavy atom. The van der Waals surface area contributed by atoms with Gasteiger partial charge in [0.25, 0.3) is 0 Å². The Kier molecular flexibility index (Phi) is 8.24. The van der Waals surface area contributed by atoms with Crippen LogP contribution in [0.1, 0.15) is 5.69 Å². The van der Waals surface area contributed by atoms with E-state index in [-0.39, 0.29) is 16.6 Å². The zero-order valence-corrected chi connectivity index (χ0v) is 21.2. The van der Waals surface area contributed by atoms with Crippen LogP contribution < -0.4 is 14.8 Å². The minimum absolute atomic E-state index is 0.0379. The second kappa shape index (κ2) is 10.7. The molecule has 3 rings (SSSR count). The van der Waals surface area contributed by atoms with Gasteiger partial charge in [0.1, 0.15) is 5.69 Å². The number of rotatable bonds is 7.